The molecule has 6 aliphatic rings. The summed E-state index contributed by atoms with van der Waals surface area (Å²) < 4.78 is 0. The fourth-order valence-corrected chi connectivity index (χ4v) is 7.32. The van der Waals surface area contributed by atoms with E-state index >= 15 is 0 Å². The highest BCUT2D eigenvalue weighted by atomic mass is 14.8. The summed E-state index contributed by atoms with van der Waals surface area (Å²) in [6.45, 7) is 12.1. The van der Waals surface area contributed by atoms with E-state index in [1.54, 1.807) is 0 Å². The molecule has 2 heterocycles. The van der Waals surface area contributed by atoms with E-state index in [4.69, 9.17) is 9.97 Å². The molecule has 2 heteroatoms. The van der Waals surface area contributed by atoms with E-state index < -0.39 is 0 Å². The second kappa shape index (κ2) is 5.26. The second-order valence-electron chi connectivity index (χ2n) is 11.1. The number of hydrogen-bond acceptors (Lipinski definition) is 2. The fraction of sp³-hybridized carbons (Fsp3) is 0.615. The van der Waals surface area contributed by atoms with Crippen LogP contribution in [0.25, 0.3) is 11.4 Å². The summed E-state index contributed by atoms with van der Waals surface area (Å²) in [6.07, 6.45) is 5.05. The van der Waals surface area contributed by atoms with Gasteiger partial charge >= 0.3 is 0 Å². The molecule has 0 spiro atoms. The van der Waals surface area contributed by atoms with Crippen LogP contribution in [0.4, 0.5) is 0 Å². The van der Waals surface area contributed by atoms with E-state index in [0.717, 1.165) is 29.6 Å². The molecule has 28 heavy (non-hydrogen) atoms. The molecule has 2 aromatic heterocycles. The van der Waals surface area contributed by atoms with Crippen molar-refractivity contribution in [2.24, 2.45) is 22.7 Å². The van der Waals surface area contributed by atoms with Gasteiger partial charge in [-0.05, 0) is 83.4 Å². The number of pyridine rings is 2. The van der Waals surface area contributed by atoms with E-state index in [1.165, 1.54) is 41.8 Å². The Labute approximate surface area is 169 Å². The molecular weight excluding hydrogens is 340 g/mol. The van der Waals surface area contributed by atoms with Gasteiger partial charge < -0.3 is 0 Å². The van der Waals surface area contributed by atoms with E-state index in [9.17, 15) is 0 Å². The number of rotatable bonds is 2. The summed E-state index contributed by atoms with van der Waals surface area (Å²) in [6, 6.07) is 9.21. The SMILES string of the molecule is CCC1c2nc(-c3ccc4c(n3)C[C@H]3C[C@@H]4C3(C)C)ccc2[C@@H]2C[C@H]1C2(C)C. The average Bonchev–Trinajstić information content (AvgIpc) is 2.70. The zero-order chi connectivity index (χ0) is 19.4. The maximum atomic E-state index is 5.23. The van der Waals surface area contributed by atoms with Crippen LogP contribution in [0, 0.1) is 22.7 Å². The van der Waals surface area contributed by atoms with Gasteiger partial charge in [0.2, 0.25) is 0 Å². The van der Waals surface area contributed by atoms with Crippen molar-refractivity contribution in [1.29, 1.82) is 0 Å². The number of hydrogen-bond donors (Lipinski definition) is 0. The Morgan fingerprint density at radius 1 is 0.857 bits per heavy atom. The summed E-state index contributed by atoms with van der Waals surface area (Å²) >= 11 is 0. The van der Waals surface area contributed by atoms with Gasteiger partial charge in [0.25, 0.3) is 0 Å². The lowest BCUT2D eigenvalue weighted by Crippen LogP contribution is -2.50. The number of aromatic nitrogens is 2. The van der Waals surface area contributed by atoms with Crippen molar-refractivity contribution in [1.82, 2.24) is 9.97 Å². The third-order valence-corrected chi connectivity index (χ3v) is 9.51. The maximum absolute atomic E-state index is 5.23. The molecule has 0 aliphatic heterocycles. The van der Waals surface area contributed by atoms with E-state index in [2.05, 4.69) is 58.9 Å². The molecule has 1 unspecified atom stereocenters. The fourth-order valence-electron chi connectivity index (χ4n) is 7.32. The van der Waals surface area contributed by atoms with Crippen molar-refractivity contribution >= 4 is 0 Å². The van der Waals surface area contributed by atoms with Gasteiger partial charge in [0.1, 0.15) is 0 Å². The quantitative estimate of drug-likeness (QED) is 0.604. The van der Waals surface area contributed by atoms with Crippen LogP contribution in [0.3, 0.4) is 0 Å². The molecule has 2 fully saturated rings. The lowest BCUT2D eigenvalue weighted by molar-refractivity contribution is -0.00850. The van der Waals surface area contributed by atoms with Gasteiger partial charge in [-0.25, -0.2) is 0 Å². The van der Waals surface area contributed by atoms with Crippen molar-refractivity contribution in [3.05, 3.63) is 46.8 Å². The normalized spacial score (nSPS) is 35.2. The molecule has 0 radical (unpaired) electrons. The Kier molecular flexibility index (Phi) is 3.23. The topological polar surface area (TPSA) is 25.8 Å². The van der Waals surface area contributed by atoms with E-state index in [0.29, 0.717) is 28.6 Å². The van der Waals surface area contributed by atoms with E-state index in [-0.39, 0.29) is 0 Å². The zero-order valence-corrected chi connectivity index (χ0v) is 17.9. The van der Waals surface area contributed by atoms with Crippen LogP contribution in [0.15, 0.2) is 24.3 Å². The molecule has 4 bridgehead atoms. The molecule has 2 aromatic rings. The standard InChI is InChI=1S/C26H32N2/c1-6-15-19-13-20(26(19,4)5)17-8-10-22(28-24(15)17)21-9-7-16-18-11-14(25(18,2)3)12-23(16)27-21/h7-10,14-15,18-20H,6,11-13H2,1-5H3/t14-,15?,18+,19-,20+/m1/s1. The molecule has 0 aromatic carbocycles. The van der Waals surface area contributed by atoms with Gasteiger partial charge in [-0.3, -0.25) is 9.97 Å². The Hall–Kier alpha value is -1.70. The Balaban J connectivity index is 1.40. The molecule has 0 amide bonds. The lowest BCUT2D eigenvalue weighted by atomic mass is 9.44. The molecule has 6 aliphatic carbocycles. The van der Waals surface area contributed by atoms with Crippen LogP contribution < -0.4 is 0 Å². The summed E-state index contributed by atoms with van der Waals surface area (Å²) in [5, 5.41) is 0. The number of nitrogens with zero attached hydrogens (tertiary/aromatic N) is 2. The molecule has 2 saturated carbocycles. The van der Waals surface area contributed by atoms with Crippen LogP contribution in [-0.2, 0) is 6.42 Å². The maximum Gasteiger partial charge on any atom is 0.0889 e. The molecule has 2 nitrogen and oxygen atoms in total. The van der Waals surface area contributed by atoms with Gasteiger partial charge in [-0.15, -0.1) is 0 Å². The Morgan fingerprint density at radius 3 is 2.21 bits per heavy atom. The third kappa shape index (κ3) is 1.95. The summed E-state index contributed by atoms with van der Waals surface area (Å²) in [5.74, 6) is 3.62. The third-order valence-electron chi connectivity index (χ3n) is 9.51. The first-order valence-corrected chi connectivity index (χ1v) is 11.3. The minimum atomic E-state index is 0.439. The van der Waals surface area contributed by atoms with Gasteiger partial charge in [-0.1, -0.05) is 46.8 Å². The van der Waals surface area contributed by atoms with Crippen LogP contribution in [0.2, 0.25) is 0 Å². The first-order valence-electron chi connectivity index (χ1n) is 11.3. The molecule has 0 saturated heterocycles. The average molecular weight is 373 g/mol. The summed E-state index contributed by atoms with van der Waals surface area (Å²) in [5.41, 5.74) is 8.80. The predicted molar refractivity (Wildman–Crippen MR) is 113 cm³/mol. The highest BCUT2D eigenvalue weighted by Gasteiger charge is 2.57. The lowest BCUT2D eigenvalue weighted by Gasteiger charge is -2.60. The predicted octanol–water partition coefficient (Wildman–Crippen LogP) is 6.47. The van der Waals surface area contributed by atoms with Crippen molar-refractivity contribution < 1.29 is 0 Å². The van der Waals surface area contributed by atoms with Crippen molar-refractivity contribution in [3.8, 4) is 11.4 Å². The highest BCUT2D eigenvalue weighted by molar-refractivity contribution is 5.58. The molecule has 0 N–H and O–H groups in total. The largest absolute Gasteiger partial charge is 0.251 e. The monoisotopic (exact) mass is 372 g/mol. The van der Waals surface area contributed by atoms with Crippen molar-refractivity contribution in [2.75, 3.05) is 0 Å². The first kappa shape index (κ1) is 17.2. The van der Waals surface area contributed by atoms with Crippen LogP contribution in [-0.4, -0.2) is 9.97 Å². The van der Waals surface area contributed by atoms with Crippen molar-refractivity contribution in [2.45, 2.75) is 78.1 Å². The summed E-state index contributed by atoms with van der Waals surface area (Å²) in [4.78, 5) is 10.4. The Bertz CT molecular complexity index is 986. The smallest absolute Gasteiger partial charge is 0.0889 e. The first-order chi connectivity index (χ1) is 13.3. The molecule has 8 rings (SSSR count). The summed E-state index contributed by atoms with van der Waals surface area (Å²) in [7, 11) is 0. The minimum Gasteiger partial charge on any atom is -0.251 e. The van der Waals surface area contributed by atoms with Gasteiger partial charge in [-0.2, -0.15) is 0 Å². The van der Waals surface area contributed by atoms with Crippen molar-refractivity contribution in [3.63, 3.8) is 0 Å². The van der Waals surface area contributed by atoms with Crippen LogP contribution in [0.1, 0.15) is 94.1 Å². The second-order valence-corrected chi connectivity index (χ2v) is 11.1. The highest BCUT2D eigenvalue weighted by Crippen LogP contribution is 2.67. The van der Waals surface area contributed by atoms with Gasteiger partial charge in [0, 0.05) is 17.3 Å². The van der Waals surface area contributed by atoms with Crippen LogP contribution >= 0.6 is 0 Å². The molecular formula is C26H32N2. The van der Waals surface area contributed by atoms with Gasteiger partial charge in [0.15, 0.2) is 0 Å². The van der Waals surface area contributed by atoms with Crippen LogP contribution in [0.5, 0.6) is 0 Å². The molecule has 5 atom stereocenters. The van der Waals surface area contributed by atoms with E-state index in [1.807, 2.05) is 0 Å². The minimum absolute atomic E-state index is 0.439. The zero-order valence-electron chi connectivity index (χ0n) is 17.9. The molecule has 146 valence electrons. The van der Waals surface area contributed by atoms with Gasteiger partial charge in [0.05, 0.1) is 11.4 Å². The Morgan fingerprint density at radius 2 is 1.54 bits per heavy atom.